The van der Waals surface area contributed by atoms with Gasteiger partial charge in [-0.05, 0) is 12.1 Å². The van der Waals surface area contributed by atoms with Gasteiger partial charge in [-0.3, -0.25) is 0 Å². The first kappa shape index (κ1) is 12.3. The van der Waals surface area contributed by atoms with Crippen molar-refractivity contribution in [2.45, 2.75) is 4.90 Å². The third-order valence-electron chi connectivity index (χ3n) is 0.994. The van der Waals surface area contributed by atoms with Gasteiger partial charge >= 0.3 is 29.6 Å². The van der Waals surface area contributed by atoms with E-state index in [9.17, 15) is 13.0 Å². The van der Waals surface area contributed by atoms with E-state index in [4.69, 9.17) is 11.6 Å². The Bertz CT molecular complexity index is 367. The largest absolute Gasteiger partial charge is 1.00 e. The number of hydrogen-bond acceptors (Lipinski definition) is 4. The normalized spacial score (nSPS) is 10.5. The zero-order valence-electron chi connectivity index (χ0n) is 6.19. The van der Waals surface area contributed by atoms with Gasteiger partial charge in [0.25, 0.3) is 0 Å². The summed E-state index contributed by atoms with van der Waals surface area (Å²) in [4.78, 5) is 2.95. The Kier molecular flexibility index (Phi) is 4.68. The molecule has 4 nitrogen and oxygen atoms in total. The Morgan fingerprint density at radius 2 is 2.08 bits per heavy atom. The van der Waals surface area contributed by atoms with E-state index in [2.05, 4.69) is 4.98 Å². The summed E-state index contributed by atoms with van der Waals surface area (Å²) in [5.41, 5.74) is 0. The molecular weight excluding hydrogens is 213 g/mol. The molecule has 0 aliphatic heterocycles. The minimum absolute atomic E-state index is 0. The van der Waals surface area contributed by atoms with E-state index in [1.165, 1.54) is 12.3 Å². The molecule has 0 aliphatic carbocycles. The molecule has 7 heteroatoms. The standard InChI is InChI=1S/C5H4ClNO3S.Na/c6-5-4(11(8,9)10)2-1-3-7-5;/h1-3H,(H,8,9,10);/q;+1/p-1. The number of pyridine rings is 1. The van der Waals surface area contributed by atoms with Crippen molar-refractivity contribution < 1.29 is 42.5 Å². The Morgan fingerprint density at radius 1 is 1.50 bits per heavy atom. The van der Waals surface area contributed by atoms with Crippen molar-refractivity contribution in [3.63, 3.8) is 0 Å². The summed E-state index contributed by atoms with van der Waals surface area (Å²) >= 11 is 5.32. The Hall–Kier alpha value is 0.350. The minimum atomic E-state index is -4.48. The van der Waals surface area contributed by atoms with Gasteiger partial charge in [-0.25, -0.2) is 13.4 Å². The van der Waals surface area contributed by atoms with Crippen LogP contribution in [0.5, 0.6) is 0 Å². The van der Waals surface area contributed by atoms with Crippen molar-refractivity contribution in [2.24, 2.45) is 0 Å². The van der Waals surface area contributed by atoms with Gasteiger partial charge in [-0.15, -0.1) is 0 Å². The van der Waals surface area contributed by atoms with Crippen molar-refractivity contribution in [1.29, 1.82) is 0 Å². The van der Waals surface area contributed by atoms with Crippen molar-refractivity contribution in [3.8, 4) is 0 Å². The number of aromatic nitrogens is 1. The second-order valence-corrected chi connectivity index (χ2v) is 3.45. The van der Waals surface area contributed by atoms with E-state index in [1.807, 2.05) is 0 Å². The van der Waals surface area contributed by atoms with Crippen LogP contribution < -0.4 is 29.6 Å². The van der Waals surface area contributed by atoms with Crippen molar-refractivity contribution in [3.05, 3.63) is 23.5 Å². The summed E-state index contributed by atoms with van der Waals surface area (Å²) in [6, 6.07) is 2.44. The molecule has 1 heterocycles. The third kappa shape index (κ3) is 3.01. The fourth-order valence-electron chi connectivity index (χ4n) is 0.558. The predicted molar refractivity (Wildman–Crippen MR) is 37.2 cm³/mol. The molecule has 0 spiro atoms. The van der Waals surface area contributed by atoms with Gasteiger partial charge in [0.15, 0.2) is 0 Å². The van der Waals surface area contributed by atoms with Gasteiger partial charge in [-0.1, -0.05) is 11.6 Å². The molecule has 0 aromatic carbocycles. The minimum Gasteiger partial charge on any atom is -0.744 e. The van der Waals surface area contributed by atoms with Crippen LogP contribution in [0.3, 0.4) is 0 Å². The Balaban J connectivity index is 0.00000121. The van der Waals surface area contributed by atoms with Gasteiger partial charge in [0.05, 0.1) is 4.90 Å². The number of halogens is 1. The second-order valence-electron chi connectivity index (χ2n) is 1.75. The van der Waals surface area contributed by atoms with E-state index in [-0.39, 0.29) is 34.7 Å². The van der Waals surface area contributed by atoms with E-state index in [1.54, 1.807) is 0 Å². The van der Waals surface area contributed by atoms with Crippen LogP contribution in [0.15, 0.2) is 23.2 Å². The molecule has 0 amide bonds. The summed E-state index contributed by atoms with van der Waals surface area (Å²) in [5, 5.41) is -0.289. The number of hydrogen-bond donors (Lipinski definition) is 0. The van der Waals surface area contributed by atoms with Gasteiger partial charge in [0, 0.05) is 6.20 Å². The Labute approximate surface area is 97.0 Å². The van der Waals surface area contributed by atoms with E-state index in [0.717, 1.165) is 6.07 Å². The number of rotatable bonds is 1. The number of nitrogens with zero attached hydrogens (tertiary/aromatic N) is 1. The summed E-state index contributed by atoms with van der Waals surface area (Å²) in [6.45, 7) is 0. The van der Waals surface area contributed by atoms with Crippen LogP contribution in [0.4, 0.5) is 0 Å². The van der Waals surface area contributed by atoms with Crippen LogP contribution in [0.2, 0.25) is 5.15 Å². The van der Waals surface area contributed by atoms with Gasteiger partial charge < -0.3 is 4.55 Å². The average molecular weight is 216 g/mol. The van der Waals surface area contributed by atoms with Crippen molar-refractivity contribution in [1.82, 2.24) is 4.98 Å². The first-order chi connectivity index (χ1) is 5.02. The smallest absolute Gasteiger partial charge is 0.744 e. The molecule has 12 heavy (non-hydrogen) atoms. The predicted octanol–water partition coefficient (Wildman–Crippen LogP) is -2.36. The maximum Gasteiger partial charge on any atom is 1.00 e. The summed E-state index contributed by atoms with van der Waals surface area (Å²) in [5.74, 6) is 0. The maximum atomic E-state index is 10.4. The molecule has 1 aromatic heterocycles. The van der Waals surface area contributed by atoms with E-state index >= 15 is 0 Å². The monoisotopic (exact) mass is 215 g/mol. The van der Waals surface area contributed by atoms with Crippen LogP contribution in [-0.4, -0.2) is 18.0 Å². The van der Waals surface area contributed by atoms with Crippen molar-refractivity contribution >= 4 is 21.7 Å². The fraction of sp³-hybridized carbons (Fsp3) is 0. The van der Waals surface area contributed by atoms with Crippen LogP contribution in [0.25, 0.3) is 0 Å². The average Bonchev–Trinajstić information content (AvgIpc) is 1.86. The quantitative estimate of drug-likeness (QED) is 0.299. The molecule has 0 aliphatic rings. The van der Waals surface area contributed by atoms with Gasteiger partial charge in [0.1, 0.15) is 15.3 Å². The molecule has 0 N–H and O–H groups in total. The molecular formula is C5H3ClNNaO3S. The second kappa shape index (κ2) is 4.55. The van der Waals surface area contributed by atoms with Crippen LogP contribution >= 0.6 is 11.6 Å². The SMILES string of the molecule is O=S(=O)([O-])c1cccnc1Cl.[Na+]. The molecule has 0 unspecified atom stereocenters. The van der Waals surface area contributed by atoms with E-state index < -0.39 is 15.0 Å². The summed E-state index contributed by atoms with van der Waals surface area (Å²) < 4.78 is 31.1. The molecule has 0 saturated carbocycles. The van der Waals surface area contributed by atoms with Gasteiger partial charge in [0.2, 0.25) is 0 Å². The maximum absolute atomic E-state index is 10.4. The Morgan fingerprint density at radius 3 is 2.42 bits per heavy atom. The molecule has 0 bridgehead atoms. The van der Waals surface area contributed by atoms with E-state index in [0.29, 0.717) is 0 Å². The first-order valence-electron chi connectivity index (χ1n) is 2.58. The molecule has 1 aromatic rings. The zero-order chi connectivity index (χ0) is 8.48. The van der Waals surface area contributed by atoms with Crippen LogP contribution in [0, 0.1) is 0 Å². The molecule has 0 atom stereocenters. The van der Waals surface area contributed by atoms with Crippen LogP contribution in [-0.2, 0) is 10.1 Å². The zero-order valence-corrected chi connectivity index (χ0v) is 9.76. The molecule has 60 valence electrons. The summed E-state index contributed by atoms with van der Waals surface area (Å²) in [6.07, 6.45) is 1.30. The van der Waals surface area contributed by atoms with Gasteiger partial charge in [-0.2, -0.15) is 0 Å². The summed E-state index contributed by atoms with van der Waals surface area (Å²) in [7, 11) is -4.48. The fourth-order valence-corrected chi connectivity index (χ4v) is 1.46. The molecule has 0 saturated heterocycles. The molecule has 0 radical (unpaired) electrons. The first-order valence-corrected chi connectivity index (χ1v) is 4.37. The molecule has 0 fully saturated rings. The van der Waals surface area contributed by atoms with Crippen LogP contribution in [0.1, 0.15) is 0 Å². The molecule has 1 rings (SSSR count). The third-order valence-corrected chi connectivity index (χ3v) is 2.28. The topological polar surface area (TPSA) is 70.1 Å². The van der Waals surface area contributed by atoms with Crippen molar-refractivity contribution in [2.75, 3.05) is 0 Å².